The molecule has 2 aromatic carbocycles. The first-order valence-electron chi connectivity index (χ1n) is 14.8. The average molecular weight is 631 g/mol. The number of fused-ring (bicyclic) bond motifs is 5. The van der Waals surface area contributed by atoms with Gasteiger partial charge in [-0.3, -0.25) is 4.79 Å². The first-order valence-corrected chi connectivity index (χ1v) is 17.9. The lowest BCUT2D eigenvalue weighted by Gasteiger charge is -2.24. The average Bonchev–Trinajstić information content (AvgIpc) is 3.18. The van der Waals surface area contributed by atoms with Crippen LogP contribution in [0, 0.1) is 0 Å². The molecule has 0 spiro atoms. The highest BCUT2D eigenvalue weighted by Crippen LogP contribution is 2.47. The monoisotopic (exact) mass is 630 g/mol. The standard InChI is InChI=1S/C31H42N4O6S2/c1-33(2)15-16-42(37,38)25-18-23-17-24(41-5)12-14-26(23)30-29(21-9-7-6-8-10-21)27-13-11-22(19-28(27)35(30)20-25)31(36)32-43(39,40)34(3)4/h11-14,17,19,21,25H,6-10,15-16,18,20H2,1-5H3,(H,32,36). The van der Waals surface area contributed by atoms with Gasteiger partial charge < -0.3 is 14.2 Å². The number of amides is 1. The molecule has 3 aromatic rings. The number of benzene rings is 2. The smallest absolute Gasteiger partial charge is 0.303 e. The lowest BCUT2D eigenvalue weighted by Crippen LogP contribution is -2.39. The fourth-order valence-electron chi connectivity index (χ4n) is 6.40. The lowest BCUT2D eigenvalue weighted by atomic mass is 9.81. The van der Waals surface area contributed by atoms with Crippen molar-refractivity contribution in [3.63, 3.8) is 0 Å². The number of carbonyl (C=O) groups is 1. The van der Waals surface area contributed by atoms with Crippen LogP contribution in [0.2, 0.25) is 0 Å². The van der Waals surface area contributed by atoms with E-state index < -0.39 is 31.2 Å². The van der Waals surface area contributed by atoms with Gasteiger partial charge in [-0.25, -0.2) is 13.1 Å². The summed E-state index contributed by atoms with van der Waals surface area (Å²) in [5, 5.41) is 0.281. The number of ether oxygens (including phenoxy) is 1. The predicted octanol–water partition coefficient (Wildman–Crippen LogP) is 3.80. The number of aromatic nitrogens is 1. The minimum atomic E-state index is -3.99. The molecule has 1 unspecified atom stereocenters. The van der Waals surface area contributed by atoms with E-state index in [0.717, 1.165) is 57.7 Å². The van der Waals surface area contributed by atoms with Crippen LogP contribution < -0.4 is 9.46 Å². The van der Waals surface area contributed by atoms with Gasteiger partial charge in [0.05, 0.1) is 23.8 Å². The maximum absolute atomic E-state index is 13.9. The molecule has 1 aliphatic heterocycles. The number of sulfone groups is 1. The summed E-state index contributed by atoms with van der Waals surface area (Å²) in [4.78, 5) is 15.0. The molecule has 1 N–H and O–H groups in total. The maximum atomic E-state index is 13.9. The van der Waals surface area contributed by atoms with E-state index in [1.807, 2.05) is 43.3 Å². The summed E-state index contributed by atoms with van der Waals surface area (Å²) in [6.07, 6.45) is 5.84. The minimum Gasteiger partial charge on any atom is -0.497 e. The van der Waals surface area contributed by atoms with Crippen LogP contribution in [0.1, 0.15) is 59.5 Å². The Balaban J connectivity index is 1.75. The molecule has 1 amide bonds. The van der Waals surface area contributed by atoms with E-state index in [9.17, 15) is 21.6 Å². The summed E-state index contributed by atoms with van der Waals surface area (Å²) in [6.45, 7) is 0.646. The van der Waals surface area contributed by atoms with Gasteiger partial charge >= 0.3 is 10.2 Å². The number of hydrogen-bond acceptors (Lipinski definition) is 7. The first-order chi connectivity index (χ1) is 20.3. The molecule has 2 aliphatic rings. The summed E-state index contributed by atoms with van der Waals surface area (Å²) < 4.78 is 63.3. The molecule has 12 heteroatoms. The second kappa shape index (κ2) is 12.2. The van der Waals surface area contributed by atoms with E-state index in [1.54, 1.807) is 19.2 Å². The van der Waals surface area contributed by atoms with Crippen LogP contribution in [0.3, 0.4) is 0 Å². The molecule has 0 radical (unpaired) electrons. The molecule has 5 rings (SSSR count). The zero-order chi connectivity index (χ0) is 31.1. The third-order valence-corrected chi connectivity index (χ3v) is 12.3. The summed E-state index contributed by atoms with van der Waals surface area (Å²) >= 11 is 0. The topological polar surface area (TPSA) is 118 Å². The molecule has 1 fully saturated rings. The number of hydrogen-bond donors (Lipinski definition) is 1. The summed E-state index contributed by atoms with van der Waals surface area (Å²) in [5.41, 5.74) is 5.00. The summed E-state index contributed by atoms with van der Waals surface area (Å²) in [7, 11) is 0.527. The van der Waals surface area contributed by atoms with Crippen LogP contribution in [0.4, 0.5) is 0 Å². The van der Waals surface area contributed by atoms with Gasteiger partial charge in [0.2, 0.25) is 0 Å². The Morgan fingerprint density at radius 1 is 1.00 bits per heavy atom. The van der Waals surface area contributed by atoms with E-state index in [-0.39, 0.29) is 23.8 Å². The number of carbonyl (C=O) groups excluding carboxylic acids is 1. The van der Waals surface area contributed by atoms with Crippen LogP contribution in [0.25, 0.3) is 22.2 Å². The number of methoxy groups -OCH3 is 1. The fourth-order valence-corrected chi connectivity index (χ4v) is 8.69. The molecule has 1 atom stereocenters. The summed E-state index contributed by atoms with van der Waals surface area (Å²) in [6, 6.07) is 11.2. The van der Waals surface area contributed by atoms with Crippen molar-refractivity contribution in [2.75, 3.05) is 47.6 Å². The second-order valence-electron chi connectivity index (χ2n) is 12.2. The third-order valence-electron chi connectivity index (χ3n) is 8.81. The number of rotatable bonds is 9. The molecule has 0 saturated heterocycles. The van der Waals surface area contributed by atoms with Crippen molar-refractivity contribution in [1.82, 2.24) is 18.5 Å². The van der Waals surface area contributed by atoms with Crippen molar-refractivity contribution < 1.29 is 26.4 Å². The van der Waals surface area contributed by atoms with Crippen molar-refractivity contribution in [3.8, 4) is 17.0 Å². The molecule has 2 heterocycles. The van der Waals surface area contributed by atoms with Gasteiger partial charge in [0.25, 0.3) is 5.91 Å². The highest BCUT2D eigenvalue weighted by Gasteiger charge is 2.35. The highest BCUT2D eigenvalue weighted by atomic mass is 32.2. The highest BCUT2D eigenvalue weighted by molar-refractivity contribution is 7.92. The largest absolute Gasteiger partial charge is 0.497 e. The lowest BCUT2D eigenvalue weighted by molar-refractivity contribution is 0.0979. The maximum Gasteiger partial charge on any atom is 0.303 e. The molecular formula is C31H42N4O6S2. The van der Waals surface area contributed by atoms with Crippen molar-refractivity contribution in [3.05, 3.63) is 53.1 Å². The predicted molar refractivity (Wildman–Crippen MR) is 170 cm³/mol. The Morgan fingerprint density at radius 2 is 1.72 bits per heavy atom. The molecular weight excluding hydrogens is 588 g/mol. The Hall–Kier alpha value is -2.93. The molecule has 0 bridgehead atoms. The van der Waals surface area contributed by atoms with Crippen LogP contribution >= 0.6 is 0 Å². The van der Waals surface area contributed by atoms with Gasteiger partial charge in [0.1, 0.15) is 5.75 Å². The molecule has 1 aromatic heterocycles. The van der Waals surface area contributed by atoms with Gasteiger partial charge in [0.15, 0.2) is 9.84 Å². The van der Waals surface area contributed by atoms with Crippen LogP contribution in [0.5, 0.6) is 5.75 Å². The number of nitrogens with zero attached hydrogens (tertiary/aromatic N) is 3. The van der Waals surface area contributed by atoms with Crippen LogP contribution in [-0.4, -0.2) is 89.4 Å². The zero-order valence-corrected chi connectivity index (χ0v) is 27.2. The molecule has 234 valence electrons. The van der Waals surface area contributed by atoms with Crippen molar-refractivity contribution in [2.24, 2.45) is 0 Å². The molecule has 43 heavy (non-hydrogen) atoms. The molecule has 10 nitrogen and oxygen atoms in total. The van der Waals surface area contributed by atoms with Gasteiger partial charge in [0, 0.05) is 49.2 Å². The number of nitrogens with one attached hydrogen (secondary N) is 1. The SMILES string of the molecule is COc1ccc2c(c1)CC(S(=O)(=O)CCN(C)C)Cn1c-2c(C2CCCCC2)c2ccc(C(=O)NS(=O)(=O)N(C)C)cc21. The van der Waals surface area contributed by atoms with Gasteiger partial charge in [-0.05, 0) is 80.7 Å². The zero-order valence-electron chi connectivity index (χ0n) is 25.6. The van der Waals surface area contributed by atoms with E-state index in [0.29, 0.717) is 18.7 Å². The molecule has 1 saturated carbocycles. The Kier molecular flexibility index (Phi) is 8.95. The van der Waals surface area contributed by atoms with Crippen molar-refractivity contribution in [1.29, 1.82) is 0 Å². The second-order valence-corrected chi connectivity index (χ2v) is 16.5. The van der Waals surface area contributed by atoms with Crippen molar-refractivity contribution in [2.45, 2.75) is 56.2 Å². The van der Waals surface area contributed by atoms with E-state index in [1.165, 1.54) is 26.1 Å². The fraction of sp³-hybridized carbons (Fsp3) is 0.516. The Labute approximate surface area is 255 Å². The van der Waals surface area contributed by atoms with E-state index in [4.69, 9.17) is 4.74 Å². The minimum absolute atomic E-state index is 0.0318. The Bertz CT molecular complexity index is 1740. The van der Waals surface area contributed by atoms with E-state index in [2.05, 4.69) is 9.29 Å². The Morgan fingerprint density at radius 3 is 2.37 bits per heavy atom. The van der Waals surface area contributed by atoms with Crippen LogP contribution in [0.15, 0.2) is 36.4 Å². The van der Waals surface area contributed by atoms with Crippen LogP contribution in [-0.2, 0) is 33.0 Å². The van der Waals surface area contributed by atoms with Gasteiger partial charge in [-0.1, -0.05) is 25.3 Å². The van der Waals surface area contributed by atoms with E-state index >= 15 is 0 Å². The van der Waals surface area contributed by atoms with Gasteiger partial charge in [-0.2, -0.15) is 12.7 Å². The summed E-state index contributed by atoms with van der Waals surface area (Å²) in [5.74, 6) is 0.259. The quantitative estimate of drug-likeness (QED) is 0.382. The third kappa shape index (κ3) is 6.33. The van der Waals surface area contributed by atoms with Crippen molar-refractivity contribution >= 4 is 36.9 Å². The normalized spacial score (nSPS) is 18.0. The first kappa shape index (κ1) is 31.5. The van der Waals surface area contributed by atoms with Gasteiger partial charge in [-0.15, -0.1) is 0 Å². The molecule has 1 aliphatic carbocycles.